The first-order chi connectivity index (χ1) is 8.81. The lowest BCUT2D eigenvalue weighted by atomic mass is 10.1. The van der Waals surface area contributed by atoms with Gasteiger partial charge in [-0.3, -0.25) is 15.2 Å². The zero-order valence-corrected chi connectivity index (χ0v) is 11.8. The Morgan fingerprint density at radius 3 is 2.58 bits per heavy atom. The summed E-state index contributed by atoms with van der Waals surface area (Å²) >= 11 is 6.06. The van der Waals surface area contributed by atoms with Crippen LogP contribution >= 0.6 is 11.6 Å². The lowest BCUT2D eigenvalue weighted by Crippen LogP contribution is -2.47. The molecule has 0 atom stereocenters. The number of amides is 2. The number of phenolic OH excluding ortho intramolecular Hbond substituents is 1. The van der Waals surface area contributed by atoms with Crippen molar-refractivity contribution in [3.8, 4) is 5.75 Å². The number of phenols is 1. The molecule has 7 heteroatoms. The molecule has 1 aromatic rings. The highest BCUT2D eigenvalue weighted by Crippen LogP contribution is 2.34. The van der Waals surface area contributed by atoms with Crippen LogP contribution in [-0.4, -0.2) is 35.6 Å². The van der Waals surface area contributed by atoms with Crippen LogP contribution in [0.15, 0.2) is 12.1 Å². The maximum atomic E-state index is 12.2. The van der Waals surface area contributed by atoms with Crippen molar-refractivity contribution in [3.63, 3.8) is 0 Å². The van der Waals surface area contributed by atoms with Gasteiger partial charge in [0.05, 0.1) is 10.7 Å². The average molecular weight is 285 g/mol. The molecule has 0 aliphatic heterocycles. The van der Waals surface area contributed by atoms with E-state index in [1.165, 1.54) is 24.1 Å². The molecule has 4 N–H and O–H groups in total. The Kier molecular flexibility index (Phi) is 4.61. The Morgan fingerprint density at radius 1 is 1.53 bits per heavy atom. The van der Waals surface area contributed by atoms with Crippen molar-refractivity contribution in [2.24, 2.45) is 5.73 Å². The Bertz CT molecular complexity index is 519. The van der Waals surface area contributed by atoms with Gasteiger partial charge in [-0.15, -0.1) is 0 Å². The zero-order chi connectivity index (χ0) is 14.7. The Hall–Kier alpha value is -1.95. The number of carbonyl (C=O) groups excluding carboxylic acids is 1. The first-order valence-corrected chi connectivity index (χ1v) is 6.06. The van der Waals surface area contributed by atoms with Gasteiger partial charge in [0.2, 0.25) is 0 Å². The third-order valence-corrected chi connectivity index (χ3v) is 3.12. The normalized spacial score (nSPS) is 10.1. The molecule has 0 heterocycles. The summed E-state index contributed by atoms with van der Waals surface area (Å²) in [7, 11) is 1.52. The van der Waals surface area contributed by atoms with Gasteiger partial charge in [-0.25, -0.2) is 4.79 Å². The Labute approximate surface area is 116 Å². The number of nitrogens with two attached hydrogens (primary N) is 1. The van der Waals surface area contributed by atoms with E-state index in [1.807, 2.05) is 0 Å². The predicted octanol–water partition coefficient (Wildman–Crippen LogP) is 2.13. The molecular formula is C12H17ClN4O2. The zero-order valence-electron chi connectivity index (χ0n) is 11.1. The minimum atomic E-state index is -0.481. The molecule has 0 bridgehead atoms. The van der Waals surface area contributed by atoms with Gasteiger partial charge in [-0.1, -0.05) is 11.6 Å². The molecule has 104 valence electrons. The maximum absolute atomic E-state index is 12.2. The van der Waals surface area contributed by atoms with Crippen molar-refractivity contribution < 1.29 is 9.90 Å². The summed E-state index contributed by atoms with van der Waals surface area (Å²) in [5.41, 5.74) is 6.23. The number of nitrogens with one attached hydrogen (secondary N) is 1. The Morgan fingerprint density at radius 2 is 2.11 bits per heavy atom. The smallest absolute Gasteiger partial charge is 0.331 e. The quantitative estimate of drug-likeness (QED) is 0.573. The van der Waals surface area contributed by atoms with E-state index in [4.69, 9.17) is 22.7 Å². The molecule has 2 amide bonds. The van der Waals surface area contributed by atoms with Crippen molar-refractivity contribution in [2.45, 2.75) is 13.8 Å². The van der Waals surface area contributed by atoms with Crippen LogP contribution in [0.25, 0.3) is 0 Å². The minimum absolute atomic E-state index is 0.0462. The van der Waals surface area contributed by atoms with Crippen molar-refractivity contribution >= 4 is 29.3 Å². The number of aromatic hydroxyl groups is 1. The van der Waals surface area contributed by atoms with E-state index < -0.39 is 6.03 Å². The predicted molar refractivity (Wildman–Crippen MR) is 75.9 cm³/mol. The van der Waals surface area contributed by atoms with Gasteiger partial charge in [-0.2, -0.15) is 0 Å². The van der Waals surface area contributed by atoms with E-state index in [-0.39, 0.29) is 18.3 Å². The summed E-state index contributed by atoms with van der Waals surface area (Å²) in [4.78, 5) is 14.6. The van der Waals surface area contributed by atoms with E-state index in [1.54, 1.807) is 13.8 Å². The number of carbonyl (C=O) groups is 1. The number of benzene rings is 1. The highest BCUT2D eigenvalue weighted by molar-refractivity contribution is 6.34. The monoisotopic (exact) mass is 284 g/mol. The van der Waals surface area contributed by atoms with E-state index in [9.17, 15) is 9.90 Å². The van der Waals surface area contributed by atoms with Crippen LogP contribution in [0.2, 0.25) is 5.02 Å². The lowest BCUT2D eigenvalue weighted by Gasteiger charge is -2.27. The van der Waals surface area contributed by atoms with Gasteiger partial charge >= 0.3 is 6.03 Å². The average Bonchev–Trinajstić information content (AvgIpc) is 2.34. The van der Waals surface area contributed by atoms with Gasteiger partial charge in [-0.05, 0) is 26.0 Å². The summed E-state index contributed by atoms with van der Waals surface area (Å²) in [6.07, 6.45) is 0. The summed E-state index contributed by atoms with van der Waals surface area (Å²) < 4.78 is 0. The third-order valence-electron chi connectivity index (χ3n) is 2.81. The lowest BCUT2D eigenvalue weighted by molar-refractivity contribution is 0.229. The van der Waals surface area contributed by atoms with E-state index in [0.717, 1.165) is 4.90 Å². The highest BCUT2D eigenvalue weighted by Gasteiger charge is 2.23. The van der Waals surface area contributed by atoms with Crippen LogP contribution in [0.4, 0.5) is 10.5 Å². The van der Waals surface area contributed by atoms with Crippen LogP contribution < -0.4 is 10.6 Å². The van der Waals surface area contributed by atoms with Gasteiger partial charge in [0.15, 0.2) is 5.96 Å². The van der Waals surface area contributed by atoms with Crippen molar-refractivity contribution in [1.82, 2.24) is 4.90 Å². The molecule has 0 aliphatic rings. The SMILES string of the molecule is CCN(C(=N)N)C(=O)N(C)c1c(Cl)ccc(O)c1C. The highest BCUT2D eigenvalue weighted by atomic mass is 35.5. The number of urea groups is 1. The van der Waals surface area contributed by atoms with Crippen LogP contribution in [0.3, 0.4) is 0 Å². The minimum Gasteiger partial charge on any atom is -0.508 e. The second-order valence-electron chi connectivity index (χ2n) is 4.01. The maximum Gasteiger partial charge on any atom is 0.331 e. The molecule has 0 radical (unpaired) electrons. The molecular weight excluding hydrogens is 268 g/mol. The van der Waals surface area contributed by atoms with Gasteiger partial charge in [0, 0.05) is 19.2 Å². The van der Waals surface area contributed by atoms with E-state index in [0.29, 0.717) is 16.3 Å². The summed E-state index contributed by atoms with van der Waals surface area (Å²) in [6.45, 7) is 3.64. The second-order valence-corrected chi connectivity index (χ2v) is 4.42. The number of guanidine groups is 1. The van der Waals surface area contributed by atoms with Crippen LogP contribution in [0.5, 0.6) is 5.75 Å². The number of hydrogen-bond acceptors (Lipinski definition) is 3. The molecule has 0 unspecified atom stereocenters. The fourth-order valence-corrected chi connectivity index (χ4v) is 2.09. The van der Waals surface area contributed by atoms with Crippen LogP contribution in [-0.2, 0) is 0 Å². The fraction of sp³-hybridized carbons (Fsp3) is 0.333. The largest absolute Gasteiger partial charge is 0.508 e. The number of hydrogen-bond donors (Lipinski definition) is 3. The molecule has 0 saturated heterocycles. The number of rotatable bonds is 2. The van der Waals surface area contributed by atoms with Gasteiger partial charge < -0.3 is 10.8 Å². The Balaban J connectivity index is 3.20. The van der Waals surface area contributed by atoms with E-state index in [2.05, 4.69) is 0 Å². The van der Waals surface area contributed by atoms with E-state index >= 15 is 0 Å². The molecule has 0 saturated carbocycles. The third kappa shape index (κ3) is 2.90. The number of nitrogens with zero attached hydrogens (tertiary/aromatic N) is 2. The molecule has 0 fully saturated rings. The topological polar surface area (TPSA) is 93.7 Å². The summed E-state index contributed by atoms with van der Waals surface area (Å²) in [5.74, 6) is -0.293. The van der Waals surface area contributed by atoms with Crippen molar-refractivity contribution in [3.05, 3.63) is 22.7 Å². The number of halogens is 1. The van der Waals surface area contributed by atoms with Gasteiger partial charge in [0.1, 0.15) is 5.75 Å². The standard InChI is InChI=1S/C12H17ClN4O2/c1-4-17(11(14)15)12(19)16(3)10-7(2)9(18)6-5-8(10)13/h5-6,18H,4H2,1-3H3,(H3,14,15). The fourth-order valence-electron chi connectivity index (χ4n) is 1.75. The molecule has 1 aromatic carbocycles. The van der Waals surface area contributed by atoms with Crippen molar-refractivity contribution in [1.29, 1.82) is 5.41 Å². The first-order valence-electron chi connectivity index (χ1n) is 5.68. The number of anilines is 1. The first kappa shape index (κ1) is 15.1. The molecule has 1 rings (SSSR count). The van der Waals surface area contributed by atoms with Crippen LogP contribution in [0, 0.1) is 12.3 Å². The summed E-state index contributed by atoms with van der Waals surface area (Å²) in [5, 5.41) is 17.4. The second kappa shape index (κ2) is 5.79. The molecule has 0 aromatic heterocycles. The molecule has 19 heavy (non-hydrogen) atoms. The molecule has 6 nitrogen and oxygen atoms in total. The van der Waals surface area contributed by atoms with Gasteiger partial charge in [0.25, 0.3) is 0 Å². The van der Waals surface area contributed by atoms with Crippen LogP contribution in [0.1, 0.15) is 12.5 Å². The molecule has 0 aliphatic carbocycles. The molecule has 0 spiro atoms. The van der Waals surface area contributed by atoms with Crippen molar-refractivity contribution in [2.75, 3.05) is 18.5 Å². The summed E-state index contributed by atoms with van der Waals surface area (Å²) in [6, 6.07) is 2.49.